The van der Waals surface area contributed by atoms with E-state index < -0.39 is 0 Å². The summed E-state index contributed by atoms with van der Waals surface area (Å²) >= 11 is 0. The van der Waals surface area contributed by atoms with E-state index in [9.17, 15) is 4.79 Å². The Morgan fingerprint density at radius 2 is 2.12 bits per heavy atom. The number of hydrogen-bond acceptors (Lipinski definition) is 4. The molecule has 1 amide bonds. The molecule has 4 rings (SSSR count). The first-order valence-corrected chi connectivity index (χ1v) is 7.91. The van der Waals surface area contributed by atoms with Crippen molar-refractivity contribution < 1.29 is 9.53 Å². The Hall–Kier alpha value is -2.83. The number of H-pyrrole nitrogens is 1. The number of amides is 1. The first-order chi connectivity index (χ1) is 11.6. The lowest BCUT2D eigenvalue weighted by molar-refractivity contribution is -0.117. The number of rotatable bonds is 4. The highest BCUT2D eigenvalue weighted by Gasteiger charge is 2.44. The van der Waals surface area contributed by atoms with Gasteiger partial charge in [-0.1, -0.05) is 12.1 Å². The van der Waals surface area contributed by atoms with E-state index in [1.54, 1.807) is 11.8 Å². The molecule has 0 saturated heterocycles. The van der Waals surface area contributed by atoms with E-state index in [1.807, 2.05) is 38.2 Å². The molecule has 3 aromatic rings. The van der Waals surface area contributed by atoms with Crippen LogP contribution in [-0.2, 0) is 11.8 Å². The Bertz CT molecular complexity index is 909. The average molecular weight is 325 g/mol. The van der Waals surface area contributed by atoms with E-state index in [0.29, 0.717) is 5.82 Å². The Kier molecular flexibility index (Phi) is 3.30. The van der Waals surface area contributed by atoms with Gasteiger partial charge in [-0.15, -0.1) is 0 Å². The van der Waals surface area contributed by atoms with Crippen molar-refractivity contribution in [1.82, 2.24) is 20.0 Å². The molecule has 0 radical (unpaired) electrons. The molecule has 7 heteroatoms. The molecule has 0 aliphatic heterocycles. The van der Waals surface area contributed by atoms with Crippen LogP contribution < -0.4 is 10.1 Å². The molecule has 1 fully saturated rings. The lowest BCUT2D eigenvalue weighted by atomic mass is 10.1. The second-order valence-corrected chi connectivity index (χ2v) is 6.22. The zero-order chi connectivity index (χ0) is 16.8. The van der Waals surface area contributed by atoms with Gasteiger partial charge in [-0.05, 0) is 37.0 Å². The second kappa shape index (κ2) is 5.36. The summed E-state index contributed by atoms with van der Waals surface area (Å²) in [5.74, 6) is 1.73. The predicted molar refractivity (Wildman–Crippen MR) is 90.1 cm³/mol. The van der Waals surface area contributed by atoms with Crippen LogP contribution in [0, 0.1) is 12.8 Å². The third-order valence-electron chi connectivity index (χ3n) is 4.63. The molecule has 1 aliphatic rings. The monoisotopic (exact) mass is 325 g/mol. The van der Waals surface area contributed by atoms with Crippen molar-refractivity contribution in [2.45, 2.75) is 19.3 Å². The maximum atomic E-state index is 12.5. The van der Waals surface area contributed by atoms with E-state index in [4.69, 9.17) is 4.74 Å². The third-order valence-corrected chi connectivity index (χ3v) is 4.63. The number of aromatic nitrogens is 4. The number of benzene rings is 1. The number of anilines is 1. The molecule has 7 nitrogen and oxygen atoms in total. The standard InChI is InChI=1S/C17H19N5O2/c1-9-14-15(19-20-16(14)22(2)21-9)18-17(23)13-8-12(13)10-4-6-11(24-3)7-5-10/h4-7,12-13H,8H2,1-3H3,(H2,18,19,20,23)/t12-,13-/m1/s1. The minimum atomic E-state index is -0.00581. The van der Waals surface area contributed by atoms with Crippen LogP contribution in [0.15, 0.2) is 24.3 Å². The molecular formula is C17H19N5O2. The fourth-order valence-corrected chi connectivity index (χ4v) is 3.24. The number of aryl methyl sites for hydroxylation is 2. The van der Waals surface area contributed by atoms with Crippen molar-refractivity contribution in [1.29, 1.82) is 0 Å². The van der Waals surface area contributed by atoms with Crippen LogP contribution in [0.3, 0.4) is 0 Å². The number of fused-ring (bicyclic) bond motifs is 1. The summed E-state index contributed by atoms with van der Waals surface area (Å²) in [4.78, 5) is 12.5. The molecule has 1 saturated carbocycles. The molecule has 2 N–H and O–H groups in total. The van der Waals surface area contributed by atoms with Crippen LogP contribution in [0.5, 0.6) is 5.75 Å². The van der Waals surface area contributed by atoms with Gasteiger partial charge in [0.1, 0.15) is 11.6 Å². The molecule has 0 spiro atoms. The van der Waals surface area contributed by atoms with Gasteiger partial charge in [-0.25, -0.2) is 4.68 Å². The number of nitrogens with zero attached hydrogens (tertiary/aromatic N) is 3. The van der Waals surface area contributed by atoms with Crippen molar-refractivity contribution >= 4 is 22.8 Å². The highest BCUT2D eigenvalue weighted by molar-refractivity contribution is 6.02. The molecule has 24 heavy (non-hydrogen) atoms. The molecule has 0 unspecified atom stereocenters. The summed E-state index contributed by atoms with van der Waals surface area (Å²) in [5.41, 5.74) is 2.76. The maximum Gasteiger partial charge on any atom is 0.229 e. The molecule has 1 aromatic carbocycles. The summed E-state index contributed by atoms with van der Waals surface area (Å²) in [6.07, 6.45) is 0.863. The van der Waals surface area contributed by atoms with E-state index in [0.717, 1.165) is 28.9 Å². The van der Waals surface area contributed by atoms with Gasteiger partial charge in [0.2, 0.25) is 5.91 Å². The van der Waals surface area contributed by atoms with Gasteiger partial charge >= 0.3 is 0 Å². The van der Waals surface area contributed by atoms with Crippen LogP contribution in [-0.4, -0.2) is 33.0 Å². The average Bonchev–Trinajstić information content (AvgIpc) is 3.20. The third kappa shape index (κ3) is 2.33. The maximum absolute atomic E-state index is 12.5. The van der Waals surface area contributed by atoms with Gasteiger partial charge in [-0.3, -0.25) is 9.89 Å². The lowest BCUT2D eigenvalue weighted by Crippen LogP contribution is -2.15. The normalized spacial score (nSPS) is 19.5. The SMILES string of the molecule is COc1ccc([C@H]2C[C@H]2C(=O)Nc2[nH]nc3c2c(C)nn3C)cc1. The molecule has 2 heterocycles. The quantitative estimate of drug-likeness (QED) is 0.771. The second-order valence-electron chi connectivity index (χ2n) is 6.22. The Morgan fingerprint density at radius 3 is 2.83 bits per heavy atom. The number of aromatic amines is 1. The van der Waals surface area contributed by atoms with Crippen molar-refractivity contribution in [3.63, 3.8) is 0 Å². The van der Waals surface area contributed by atoms with Crippen LogP contribution in [0.25, 0.3) is 11.0 Å². The molecular weight excluding hydrogens is 306 g/mol. The molecule has 2 atom stereocenters. The first kappa shape index (κ1) is 14.7. The van der Waals surface area contributed by atoms with E-state index >= 15 is 0 Å². The van der Waals surface area contributed by atoms with Crippen molar-refractivity contribution in [3.8, 4) is 5.75 Å². The van der Waals surface area contributed by atoms with E-state index in [2.05, 4.69) is 20.6 Å². The van der Waals surface area contributed by atoms with Crippen molar-refractivity contribution in [3.05, 3.63) is 35.5 Å². The highest BCUT2D eigenvalue weighted by atomic mass is 16.5. The lowest BCUT2D eigenvalue weighted by Gasteiger charge is -2.04. The smallest absolute Gasteiger partial charge is 0.229 e. The van der Waals surface area contributed by atoms with Crippen LogP contribution >= 0.6 is 0 Å². The van der Waals surface area contributed by atoms with Gasteiger partial charge in [0, 0.05) is 13.0 Å². The molecule has 124 valence electrons. The van der Waals surface area contributed by atoms with Crippen molar-refractivity contribution in [2.75, 3.05) is 12.4 Å². The number of hydrogen-bond donors (Lipinski definition) is 2. The Labute approximate surface area is 139 Å². The molecule has 0 bridgehead atoms. The van der Waals surface area contributed by atoms with Crippen LogP contribution in [0.4, 0.5) is 5.82 Å². The first-order valence-electron chi connectivity index (χ1n) is 7.91. The summed E-state index contributed by atoms with van der Waals surface area (Å²) in [7, 11) is 3.48. The molecule has 1 aliphatic carbocycles. The predicted octanol–water partition coefficient (Wildman–Crippen LogP) is 2.36. The van der Waals surface area contributed by atoms with Crippen LogP contribution in [0.2, 0.25) is 0 Å². The number of nitrogens with one attached hydrogen (secondary N) is 2. The number of ether oxygens (including phenoxy) is 1. The minimum absolute atomic E-state index is 0.00581. The summed E-state index contributed by atoms with van der Waals surface area (Å²) in [6, 6.07) is 7.91. The van der Waals surface area contributed by atoms with Gasteiger partial charge in [0.25, 0.3) is 0 Å². The topological polar surface area (TPSA) is 84.8 Å². The fraction of sp³-hybridized carbons (Fsp3) is 0.353. The van der Waals surface area contributed by atoms with Crippen LogP contribution in [0.1, 0.15) is 23.6 Å². The van der Waals surface area contributed by atoms with Gasteiger partial charge in [0.15, 0.2) is 5.65 Å². The zero-order valence-electron chi connectivity index (χ0n) is 13.8. The minimum Gasteiger partial charge on any atom is -0.497 e. The summed E-state index contributed by atoms with van der Waals surface area (Å²) < 4.78 is 6.87. The molecule has 2 aromatic heterocycles. The summed E-state index contributed by atoms with van der Waals surface area (Å²) in [5, 5.41) is 15.3. The number of carbonyl (C=O) groups is 1. The summed E-state index contributed by atoms with van der Waals surface area (Å²) in [6.45, 7) is 1.91. The number of methoxy groups -OCH3 is 1. The Morgan fingerprint density at radius 1 is 1.38 bits per heavy atom. The number of carbonyl (C=O) groups excluding carboxylic acids is 1. The van der Waals surface area contributed by atoms with Crippen molar-refractivity contribution in [2.24, 2.45) is 13.0 Å². The van der Waals surface area contributed by atoms with Gasteiger partial charge in [-0.2, -0.15) is 10.2 Å². The fourth-order valence-electron chi connectivity index (χ4n) is 3.24. The Balaban J connectivity index is 1.49. The van der Waals surface area contributed by atoms with Gasteiger partial charge < -0.3 is 10.1 Å². The highest BCUT2D eigenvalue weighted by Crippen LogP contribution is 2.48. The van der Waals surface area contributed by atoms with Gasteiger partial charge in [0.05, 0.1) is 18.2 Å². The largest absolute Gasteiger partial charge is 0.497 e. The van der Waals surface area contributed by atoms with E-state index in [1.165, 1.54) is 5.56 Å². The zero-order valence-corrected chi connectivity index (χ0v) is 13.8. The van der Waals surface area contributed by atoms with E-state index in [-0.39, 0.29) is 17.7 Å².